The van der Waals surface area contributed by atoms with Gasteiger partial charge in [0.15, 0.2) is 0 Å². The number of rotatable bonds is 6. The van der Waals surface area contributed by atoms with E-state index < -0.39 is 34.1 Å². The van der Waals surface area contributed by atoms with Crippen molar-refractivity contribution in [2.45, 2.75) is 50.9 Å². The van der Waals surface area contributed by atoms with Crippen molar-refractivity contribution in [3.05, 3.63) is 123 Å². The molecule has 0 bridgehead atoms. The van der Waals surface area contributed by atoms with E-state index in [2.05, 4.69) is 9.80 Å². The third-order valence-corrected chi connectivity index (χ3v) is 12.0. The summed E-state index contributed by atoms with van der Waals surface area (Å²) in [5.41, 5.74) is 13.7. The zero-order valence-corrected chi connectivity index (χ0v) is 34.7. The standard InChI is InChI=1S/2C20H23ClFN5O2.H2O/c2*1-24-16-9-17(26-7-3-4-14(23)11-26)27(18(16)19(28)25(2)20(24)29)10-12-8-13(22)5-6-15(12)21;/h2*5-6,8-9,14H,3-4,7,10-11,23H2,1-2H3;1H2/t14-;;/m1../s1. The highest BCUT2D eigenvalue weighted by Gasteiger charge is 2.27. The topological polar surface area (TPSA) is 188 Å². The fourth-order valence-electron chi connectivity index (χ4n) is 8.10. The van der Waals surface area contributed by atoms with E-state index in [9.17, 15) is 28.0 Å². The molecule has 8 rings (SSSR count). The quantitative estimate of drug-likeness (QED) is 0.256. The minimum Gasteiger partial charge on any atom is -0.412 e. The molecule has 0 spiro atoms. The van der Waals surface area contributed by atoms with Gasteiger partial charge in [-0.25, -0.2) is 18.4 Å². The van der Waals surface area contributed by atoms with Crippen LogP contribution in [0.5, 0.6) is 0 Å². The fraction of sp³-hybridized carbons (Fsp3) is 0.400. The lowest BCUT2D eigenvalue weighted by molar-refractivity contribution is 0.498. The highest BCUT2D eigenvalue weighted by molar-refractivity contribution is 6.31. The summed E-state index contributed by atoms with van der Waals surface area (Å²) in [4.78, 5) is 55.1. The predicted octanol–water partition coefficient (Wildman–Crippen LogP) is 2.79. The van der Waals surface area contributed by atoms with Crippen molar-refractivity contribution in [3.8, 4) is 0 Å². The Hall–Kier alpha value is -5.20. The molecule has 0 saturated carbocycles. The Morgan fingerprint density at radius 1 is 0.610 bits per heavy atom. The van der Waals surface area contributed by atoms with Crippen LogP contribution in [0.15, 0.2) is 67.7 Å². The minimum atomic E-state index is -0.400. The van der Waals surface area contributed by atoms with E-state index in [0.717, 1.165) is 59.5 Å². The summed E-state index contributed by atoms with van der Waals surface area (Å²) in [6, 6.07) is 12.1. The number of fused-ring (bicyclic) bond motifs is 2. The SMILES string of the molecule is Cn1c(=O)c2c(cc(N3CCCC(N)C3)n2Cc2cc(F)ccc2Cl)n(C)c1=O.Cn1c(=O)c2c(cc(N3CCC[C@@H](N)C3)n2Cc2cc(F)ccc2Cl)n(C)c1=O.O. The Balaban J connectivity index is 0.000000195. The molecule has 0 radical (unpaired) electrons. The van der Waals surface area contributed by atoms with E-state index in [1.54, 1.807) is 14.1 Å². The maximum Gasteiger partial charge on any atom is 0.331 e. The van der Waals surface area contributed by atoms with Crippen LogP contribution in [0.3, 0.4) is 0 Å². The van der Waals surface area contributed by atoms with Gasteiger partial charge >= 0.3 is 11.4 Å². The maximum atomic E-state index is 13.9. The molecule has 2 aliphatic rings. The zero-order chi connectivity index (χ0) is 41.7. The van der Waals surface area contributed by atoms with Crippen LogP contribution in [0.2, 0.25) is 10.0 Å². The Bertz CT molecular complexity index is 2620. The second-order valence-corrected chi connectivity index (χ2v) is 16.0. The molecule has 4 aromatic heterocycles. The summed E-state index contributed by atoms with van der Waals surface area (Å²) in [6.07, 6.45) is 3.74. The number of hydrogen-bond donors (Lipinski definition) is 2. The van der Waals surface area contributed by atoms with Crippen molar-refractivity contribution >= 4 is 56.9 Å². The van der Waals surface area contributed by atoms with Crippen molar-refractivity contribution in [3.63, 3.8) is 0 Å². The predicted molar refractivity (Wildman–Crippen MR) is 228 cm³/mol. The van der Waals surface area contributed by atoms with E-state index in [4.69, 9.17) is 34.7 Å². The molecule has 6 aromatic rings. The van der Waals surface area contributed by atoms with Crippen LogP contribution in [0, 0.1) is 11.6 Å². The number of benzene rings is 2. The number of piperidine rings is 2. The van der Waals surface area contributed by atoms with Gasteiger partial charge in [0.05, 0.1) is 24.1 Å². The lowest BCUT2D eigenvalue weighted by Crippen LogP contribution is -2.43. The Labute approximate surface area is 347 Å². The molecule has 6 heterocycles. The summed E-state index contributed by atoms with van der Waals surface area (Å²) in [5.74, 6) is 0.743. The lowest BCUT2D eigenvalue weighted by Gasteiger charge is -2.33. The summed E-state index contributed by atoms with van der Waals surface area (Å²) >= 11 is 12.6. The third kappa shape index (κ3) is 8.21. The first kappa shape index (κ1) is 43.4. The second-order valence-electron chi connectivity index (χ2n) is 15.2. The molecule has 15 nitrogen and oxygen atoms in total. The van der Waals surface area contributed by atoms with E-state index in [-0.39, 0.29) is 30.6 Å². The number of hydrogen-bond acceptors (Lipinski definition) is 8. The average molecular weight is 858 g/mol. The first-order valence-corrected chi connectivity index (χ1v) is 19.8. The molecule has 0 amide bonds. The van der Waals surface area contributed by atoms with Crippen LogP contribution in [0.1, 0.15) is 36.8 Å². The Kier molecular flexibility index (Phi) is 12.6. The third-order valence-electron chi connectivity index (χ3n) is 11.2. The highest BCUT2D eigenvalue weighted by atomic mass is 35.5. The Morgan fingerprint density at radius 2 is 0.983 bits per heavy atom. The maximum absolute atomic E-state index is 13.9. The molecule has 2 aliphatic heterocycles. The summed E-state index contributed by atoms with van der Waals surface area (Å²) in [7, 11) is 6.17. The molecule has 19 heteroatoms. The monoisotopic (exact) mass is 856 g/mol. The number of nitrogens with two attached hydrogens (primary N) is 2. The van der Waals surface area contributed by atoms with Crippen LogP contribution < -0.4 is 43.8 Å². The first-order chi connectivity index (χ1) is 27.5. The van der Waals surface area contributed by atoms with Gasteiger partial charge in [-0.15, -0.1) is 0 Å². The van der Waals surface area contributed by atoms with E-state index >= 15 is 0 Å². The van der Waals surface area contributed by atoms with Crippen LogP contribution in [-0.2, 0) is 41.3 Å². The number of aromatic nitrogens is 6. The van der Waals surface area contributed by atoms with Crippen molar-refractivity contribution in [1.29, 1.82) is 0 Å². The molecule has 59 heavy (non-hydrogen) atoms. The van der Waals surface area contributed by atoms with E-state index in [0.29, 0.717) is 56.3 Å². The molecule has 2 saturated heterocycles. The summed E-state index contributed by atoms with van der Waals surface area (Å²) < 4.78 is 36.4. The van der Waals surface area contributed by atoms with Gasteiger partial charge in [-0.05, 0) is 73.2 Å². The first-order valence-electron chi connectivity index (χ1n) is 19.0. The molecule has 2 fully saturated rings. The molecule has 6 N–H and O–H groups in total. The molecule has 0 aliphatic carbocycles. The van der Waals surface area contributed by atoms with Gasteiger partial charge in [0.25, 0.3) is 11.1 Å². The average Bonchev–Trinajstić information content (AvgIpc) is 3.77. The van der Waals surface area contributed by atoms with Crippen molar-refractivity contribution < 1.29 is 14.3 Å². The van der Waals surface area contributed by atoms with Crippen LogP contribution in [0.25, 0.3) is 22.1 Å². The second kappa shape index (κ2) is 17.2. The molecular formula is C40H48Cl2F2N10O5. The molecule has 2 aromatic carbocycles. The van der Waals surface area contributed by atoms with Crippen LogP contribution in [0.4, 0.5) is 20.4 Å². The molecule has 2 atom stereocenters. The Morgan fingerprint density at radius 3 is 1.34 bits per heavy atom. The number of halogens is 4. The van der Waals surface area contributed by atoms with E-state index in [1.165, 1.54) is 59.6 Å². The van der Waals surface area contributed by atoms with Gasteiger partial charge < -0.3 is 35.9 Å². The number of anilines is 2. The van der Waals surface area contributed by atoms with Crippen molar-refractivity contribution in [2.75, 3.05) is 36.0 Å². The summed E-state index contributed by atoms with van der Waals surface area (Å²) in [5, 5.41) is 0.826. The number of nitrogens with zero attached hydrogens (tertiary/aromatic N) is 8. The normalized spacial score (nSPS) is 17.0. The molecular weight excluding hydrogens is 809 g/mol. The molecule has 1 unspecified atom stereocenters. The zero-order valence-electron chi connectivity index (χ0n) is 33.2. The smallest absolute Gasteiger partial charge is 0.331 e. The van der Waals surface area contributed by atoms with Crippen LogP contribution in [-0.4, -0.2) is 71.1 Å². The molecule has 316 valence electrons. The lowest BCUT2D eigenvalue weighted by atomic mass is 10.1. The van der Waals surface area contributed by atoms with Gasteiger partial charge in [-0.2, -0.15) is 0 Å². The van der Waals surface area contributed by atoms with E-state index in [1.807, 2.05) is 21.3 Å². The van der Waals surface area contributed by atoms with Gasteiger partial charge in [0.2, 0.25) is 0 Å². The van der Waals surface area contributed by atoms with Crippen molar-refractivity contribution in [2.24, 2.45) is 39.7 Å². The van der Waals surface area contributed by atoms with Gasteiger partial charge in [0.1, 0.15) is 34.3 Å². The number of aryl methyl sites for hydroxylation is 2. The summed E-state index contributed by atoms with van der Waals surface area (Å²) in [6.45, 7) is 3.26. The van der Waals surface area contributed by atoms with Gasteiger partial charge in [-0.3, -0.25) is 27.9 Å². The minimum absolute atomic E-state index is 0. The van der Waals surface area contributed by atoms with Gasteiger partial charge in [-0.1, -0.05) is 23.2 Å². The largest absolute Gasteiger partial charge is 0.412 e. The van der Waals surface area contributed by atoms with Crippen molar-refractivity contribution in [1.82, 2.24) is 27.4 Å². The van der Waals surface area contributed by atoms with Crippen LogP contribution >= 0.6 is 23.2 Å². The fourth-order valence-corrected chi connectivity index (χ4v) is 8.46. The van der Waals surface area contributed by atoms with Gasteiger partial charge in [0, 0.05) is 88.6 Å². The highest BCUT2D eigenvalue weighted by Crippen LogP contribution is 2.31.